The van der Waals surface area contributed by atoms with Gasteiger partial charge in [-0.2, -0.15) is 0 Å². The second-order valence-electron chi connectivity index (χ2n) is 4.28. The lowest BCUT2D eigenvalue weighted by atomic mass is 10.1. The number of aliphatic hydroxyl groups excluding tert-OH is 1. The minimum atomic E-state index is 0.212. The summed E-state index contributed by atoms with van der Waals surface area (Å²) in [6, 6.07) is 2.69. The quantitative estimate of drug-likeness (QED) is 0.744. The van der Waals surface area contributed by atoms with Crippen LogP contribution in [0.4, 0.5) is 0 Å². The first-order valence-electron chi connectivity index (χ1n) is 5.85. The monoisotopic (exact) mass is 208 g/mol. The standard InChI is InChI=1S/C12H20N2O/c1-2-13-12(10-3-4-10)11-5-6-14(9-11)7-8-15/h5-6,9-10,12-13,15H,2-4,7-8H2,1H3. The fourth-order valence-corrected chi connectivity index (χ4v) is 2.10. The molecule has 0 amide bonds. The summed E-state index contributed by atoms with van der Waals surface area (Å²) in [6.07, 6.45) is 6.91. The Kier molecular flexibility index (Phi) is 3.44. The van der Waals surface area contributed by atoms with Crippen LogP contribution in [0.5, 0.6) is 0 Å². The number of aromatic nitrogens is 1. The third-order valence-electron chi connectivity index (χ3n) is 3.01. The van der Waals surface area contributed by atoms with E-state index < -0.39 is 0 Å². The van der Waals surface area contributed by atoms with Crippen molar-refractivity contribution in [1.29, 1.82) is 0 Å². The predicted molar refractivity (Wildman–Crippen MR) is 60.7 cm³/mol. The van der Waals surface area contributed by atoms with Crippen LogP contribution >= 0.6 is 0 Å². The van der Waals surface area contributed by atoms with Crippen molar-refractivity contribution in [2.45, 2.75) is 32.4 Å². The molecule has 1 unspecified atom stereocenters. The summed E-state index contributed by atoms with van der Waals surface area (Å²) in [5.74, 6) is 0.829. The highest BCUT2D eigenvalue weighted by atomic mass is 16.3. The minimum absolute atomic E-state index is 0.212. The highest BCUT2D eigenvalue weighted by Gasteiger charge is 2.31. The largest absolute Gasteiger partial charge is 0.395 e. The molecular formula is C12H20N2O. The molecule has 2 N–H and O–H groups in total. The average Bonchev–Trinajstić information content (AvgIpc) is 2.96. The molecule has 0 bridgehead atoms. The Hall–Kier alpha value is -0.800. The minimum Gasteiger partial charge on any atom is -0.395 e. The first-order valence-corrected chi connectivity index (χ1v) is 5.85. The zero-order valence-corrected chi connectivity index (χ0v) is 9.32. The zero-order chi connectivity index (χ0) is 10.7. The van der Waals surface area contributed by atoms with E-state index in [-0.39, 0.29) is 6.61 Å². The third-order valence-corrected chi connectivity index (χ3v) is 3.01. The molecule has 0 aliphatic heterocycles. The van der Waals surface area contributed by atoms with Crippen LogP contribution in [-0.4, -0.2) is 22.8 Å². The molecule has 1 aromatic rings. The van der Waals surface area contributed by atoms with Crippen molar-refractivity contribution >= 4 is 0 Å². The van der Waals surface area contributed by atoms with Crippen LogP contribution in [-0.2, 0) is 6.54 Å². The van der Waals surface area contributed by atoms with Gasteiger partial charge >= 0.3 is 0 Å². The second kappa shape index (κ2) is 4.81. The summed E-state index contributed by atoms with van der Waals surface area (Å²) in [4.78, 5) is 0. The zero-order valence-electron chi connectivity index (χ0n) is 9.32. The second-order valence-corrected chi connectivity index (χ2v) is 4.28. The smallest absolute Gasteiger partial charge is 0.0610 e. The van der Waals surface area contributed by atoms with E-state index in [9.17, 15) is 0 Å². The van der Waals surface area contributed by atoms with Crippen molar-refractivity contribution in [2.24, 2.45) is 5.92 Å². The summed E-state index contributed by atoms with van der Waals surface area (Å²) in [5, 5.41) is 12.4. The molecule has 1 aliphatic carbocycles. The van der Waals surface area contributed by atoms with Crippen LogP contribution in [0.25, 0.3) is 0 Å². The van der Waals surface area contributed by atoms with Crippen LogP contribution in [0, 0.1) is 5.92 Å². The predicted octanol–water partition coefficient (Wildman–Crippen LogP) is 1.54. The SMILES string of the molecule is CCNC(c1ccn(CCO)c1)C1CC1. The van der Waals surface area contributed by atoms with Gasteiger partial charge in [0, 0.05) is 25.0 Å². The van der Waals surface area contributed by atoms with Crippen molar-refractivity contribution in [1.82, 2.24) is 9.88 Å². The molecule has 84 valence electrons. The summed E-state index contributed by atoms with van der Waals surface area (Å²) >= 11 is 0. The van der Waals surface area contributed by atoms with Crippen molar-refractivity contribution in [2.75, 3.05) is 13.2 Å². The maximum Gasteiger partial charge on any atom is 0.0610 e. The van der Waals surface area contributed by atoms with Gasteiger partial charge in [0.2, 0.25) is 0 Å². The molecule has 1 saturated carbocycles. The highest BCUT2D eigenvalue weighted by Crippen LogP contribution is 2.40. The highest BCUT2D eigenvalue weighted by molar-refractivity contribution is 5.18. The molecule has 0 spiro atoms. The van der Waals surface area contributed by atoms with Crippen molar-refractivity contribution in [3.8, 4) is 0 Å². The van der Waals surface area contributed by atoms with Gasteiger partial charge in [-0.25, -0.2) is 0 Å². The Labute approximate surface area is 91.1 Å². The van der Waals surface area contributed by atoms with Gasteiger partial charge in [-0.3, -0.25) is 0 Å². The van der Waals surface area contributed by atoms with Crippen molar-refractivity contribution in [3.05, 3.63) is 24.0 Å². The molecule has 1 fully saturated rings. The van der Waals surface area contributed by atoms with E-state index in [1.165, 1.54) is 18.4 Å². The molecular weight excluding hydrogens is 188 g/mol. The molecule has 0 saturated heterocycles. The van der Waals surface area contributed by atoms with Gasteiger partial charge in [0.1, 0.15) is 0 Å². The van der Waals surface area contributed by atoms with Crippen LogP contribution < -0.4 is 5.32 Å². The average molecular weight is 208 g/mol. The fraction of sp³-hybridized carbons (Fsp3) is 0.667. The van der Waals surface area contributed by atoms with Gasteiger partial charge in [0.25, 0.3) is 0 Å². The van der Waals surface area contributed by atoms with Gasteiger partial charge < -0.3 is 15.0 Å². The van der Waals surface area contributed by atoms with Crippen molar-refractivity contribution < 1.29 is 5.11 Å². The van der Waals surface area contributed by atoms with E-state index in [1.54, 1.807) is 0 Å². The third kappa shape index (κ3) is 2.61. The topological polar surface area (TPSA) is 37.2 Å². The molecule has 1 atom stereocenters. The van der Waals surface area contributed by atoms with E-state index in [1.807, 2.05) is 0 Å². The Balaban J connectivity index is 2.04. The lowest BCUT2D eigenvalue weighted by Crippen LogP contribution is -2.22. The van der Waals surface area contributed by atoms with Crippen LogP contribution in [0.1, 0.15) is 31.4 Å². The summed E-state index contributed by atoms with van der Waals surface area (Å²) in [6.45, 7) is 4.08. The number of nitrogens with one attached hydrogen (secondary N) is 1. The van der Waals surface area contributed by atoms with E-state index in [4.69, 9.17) is 5.11 Å². The van der Waals surface area contributed by atoms with Crippen LogP contribution in [0.3, 0.4) is 0 Å². The molecule has 0 aromatic carbocycles. The van der Waals surface area contributed by atoms with Gasteiger partial charge in [-0.1, -0.05) is 6.92 Å². The lowest BCUT2D eigenvalue weighted by Gasteiger charge is -2.15. The lowest BCUT2D eigenvalue weighted by molar-refractivity contribution is 0.276. The fourth-order valence-electron chi connectivity index (χ4n) is 2.10. The Morgan fingerprint density at radius 1 is 1.60 bits per heavy atom. The summed E-state index contributed by atoms with van der Waals surface area (Å²) in [5.41, 5.74) is 1.37. The van der Waals surface area contributed by atoms with Gasteiger partial charge in [-0.15, -0.1) is 0 Å². The van der Waals surface area contributed by atoms with Crippen LogP contribution in [0.2, 0.25) is 0 Å². The first kappa shape index (κ1) is 10.7. The molecule has 1 aromatic heterocycles. The molecule has 1 aliphatic rings. The normalized spacial score (nSPS) is 18.0. The molecule has 2 rings (SSSR count). The first-order chi connectivity index (χ1) is 7.35. The van der Waals surface area contributed by atoms with E-state index in [2.05, 4.69) is 35.3 Å². The summed E-state index contributed by atoms with van der Waals surface area (Å²) < 4.78 is 2.06. The molecule has 15 heavy (non-hydrogen) atoms. The molecule has 3 nitrogen and oxygen atoms in total. The number of hydrogen-bond donors (Lipinski definition) is 2. The molecule has 1 heterocycles. The number of hydrogen-bond acceptors (Lipinski definition) is 2. The number of rotatable bonds is 6. The molecule has 0 radical (unpaired) electrons. The maximum atomic E-state index is 8.86. The van der Waals surface area contributed by atoms with E-state index >= 15 is 0 Å². The Morgan fingerprint density at radius 2 is 2.40 bits per heavy atom. The van der Waals surface area contributed by atoms with Crippen LogP contribution in [0.15, 0.2) is 18.5 Å². The molecule has 3 heteroatoms. The van der Waals surface area contributed by atoms with E-state index in [0.717, 1.165) is 12.5 Å². The number of aliphatic hydroxyl groups is 1. The van der Waals surface area contributed by atoms with Gasteiger partial charge in [0.05, 0.1) is 6.61 Å². The van der Waals surface area contributed by atoms with E-state index in [0.29, 0.717) is 12.6 Å². The van der Waals surface area contributed by atoms with Crippen molar-refractivity contribution in [3.63, 3.8) is 0 Å². The van der Waals surface area contributed by atoms with Gasteiger partial charge in [-0.05, 0) is 36.9 Å². The van der Waals surface area contributed by atoms with Gasteiger partial charge in [0.15, 0.2) is 0 Å². The summed E-state index contributed by atoms with van der Waals surface area (Å²) in [7, 11) is 0. The maximum absolute atomic E-state index is 8.86. The Bertz CT molecular complexity index is 304. The number of nitrogens with zero attached hydrogens (tertiary/aromatic N) is 1. The Morgan fingerprint density at radius 3 is 3.00 bits per heavy atom.